The number of rotatable bonds is 6. The highest BCUT2D eigenvalue weighted by Crippen LogP contribution is 2.11. The molecule has 0 saturated carbocycles. The maximum absolute atomic E-state index is 13.4. The molecule has 0 saturated heterocycles. The lowest BCUT2D eigenvalue weighted by Gasteiger charge is -2.14. The number of hydrogen-bond acceptors (Lipinski definition) is 3. The first kappa shape index (κ1) is 15.9. The van der Waals surface area contributed by atoms with Crippen LogP contribution in [0.5, 0.6) is 0 Å². The zero-order valence-corrected chi connectivity index (χ0v) is 11.1. The molecule has 1 atom stereocenters. The predicted molar refractivity (Wildman–Crippen MR) is 70.0 cm³/mol. The van der Waals surface area contributed by atoms with E-state index in [0.29, 0.717) is 12.8 Å². The summed E-state index contributed by atoms with van der Waals surface area (Å²) < 4.78 is 26.1. The number of halogens is 2. The molecule has 0 fully saturated rings. The molecule has 1 amide bonds. The minimum Gasteiger partial charge on any atom is -0.409 e. The van der Waals surface area contributed by atoms with Crippen molar-refractivity contribution in [1.82, 2.24) is 5.32 Å². The van der Waals surface area contributed by atoms with E-state index in [-0.39, 0.29) is 17.9 Å². The van der Waals surface area contributed by atoms with Crippen LogP contribution in [-0.2, 0) is 11.3 Å². The second-order valence-corrected chi connectivity index (χ2v) is 4.32. The number of nitrogens with one attached hydrogen (secondary N) is 1. The van der Waals surface area contributed by atoms with Crippen LogP contribution in [0, 0.1) is 17.6 Å². The maximum atomic E-state index is 13.4. The third-order valence-electron chi connectivity index (χ3n) is 2.83. The van der Waals surface area contributed by atoms with Gasteiger partial charge in [-0.05, 0) is 12.5 Å². The standard InChI is InChI=1S/C13H17F2N3O2/c1-2-3-10(12(16)18-20)13(19)17-7-8-4-5-9(14)6-11(8)15/h4-6,10,20H,2-3,7H2,1H3,(H2,16,18)(H,17,19). The Morgan fingerprint density at radius 2 is 2.20 bits per heavy atom. The molecule has 0 spiro atoms. The van der Waals surface area contributed by atoms with E-state index in [9.17, 15) is 13.6 Å². The number of hydrogen-bond donors (Lipinski definition) is 3. The third-order valence-corrected chi connectivity index (χ3v) is 2.83. The summed E-state index contributed by atoms with van der Waals surface area (Å²) in [4.78, 5) is 11.9. The fourth-order valence-electron chi connectivity index (χ4n) is 1.74. The van der Waals surface area contributed by atoms with Gasteiger partial charge in [0.15, 0.2) is 5.84 Å². The second kappa shape index (κ2) is 7.42. The van der Waals surface area contributed by atoms with Crippen molar-refractivity contribution in [2.24, 2.45) is 16.8 Å². The number of carbonyl (C=O) groups excluding carboxylic acids is 1. The molecule has 110 valence electrons. The summed E-state index contributed by atoms with van der Waals surface area (Å²) in [5.74, 6) is -2.84. The summed E-state index contributed by atoms with van der Waals surface area (Å²) in [5, 5.41) is 13.9. The third kappa shape index (κ3) is 4.18. The first-order chi connectivity index (χ1) is 9.49. The Morgan fingerprint density at radius 3 is 2.75 bits per heavy atom. The Bertz CT molecular complexity index is 506. The lowest BCUT2D eigenvalue weighted by Crippen LogP contribution is -2.38. The fraction of sp³-hybridized carbons (Fsp3) is 0.385. The molecule has 4 N–H and O–H groups in total. The summed E-state index contributed by atoms with van der Waals surface area (Å²) in [7, 11) is 0. The zero-order chi connectivity index (χ0) is 15.1. The first-order valence-electron chi connectivity index (χ1n) is 6.18. The summed E-state index contributed by atoms with van der Waals surface area (Å²) >= 11 is 0. The highest BCUT2D eigenvalue weighted by molar-refractivity contribution is 6.01. The summed E-state index contributed by atoms with van der Waals surface area (Å²) in [6.45, 7) is 1.76. The molecule has 0 aliphatic rings. The minimum atomic E-state index is -0.770. The molecule has 0 radical (unpaired) electrons. The highest BCUT2D eigenvalue weighted by atomic mass is 19.1. The van der Waals surface area contributed by atoms with Gasteiger partial charge in [0.1, 0.15) is 11.6 Å². The van der Waals surface area contributed by atoms with Gasteiger partial charge < -0.3 is 16.3 Å². The minimum absolute atomic E-state index is 0.0934. The van der Waals surface area contributed by atoms with Crippen LogP contribution in [0.2, 0.25) is 0 Å². The van der Waals surface area contributed by atoms with Crippen molar-refractivity contribution in [3.05, 3.63) is 35.4 Å². The molecule has 1 aromatic rings. The van der Waals surface area contributed by atoms with Crippen LogP contribution >= 0.6 is 0 Å². The SMILES string of the molecule is CCCC(C(=O)NCc1ccc(F)cc1F)C(N)=NO. The van der Waals surface area contributed by atoms with E-state index in [4.69, 9.17) is 10.9 Å². The quantitative estimate of drug-likeness (QED) is 0.322. The smallest absolute Gasteiger partial charge is 0.231 e. The molecule has 0 heterocycles. The monoisotopic (exact) mass is 285 g/mol. The molecular weight excluding hydrogens is 268 g/mol. The maximum Gasteiger partial charge on any atom is 0.231 e. The van der Waals surface area contributed by atoms with E-state index in [0.717, 1.165) is 12.1 Å². The molecule has 7 heteroatoms. The van der Waals surface area contributed by atoms with E-state index < -0.39 is 23.5 Å². The topological polar surface area (TPSA) is 87.7 Å². The van der Waals surface area contributed by atoms with Gasteiger partial charge in [-0.2, -0.15) is 0 Å². The number of amidine groups is 1. The van der Waals surface area contributed by atoms with Gasteiger partial charge >= 0.3 is 0 Å². The van der Waals surface area contributed by atoms with Crippen molar-refractivity contribution in [2.45, 2.75) is 26.3 Å². The zero-order valence-electron chi connectivity index (χ0n) is 11.1. The van der Waals surface area contributed by atoms with Crippen molar-refractivity contribution in [3.63, 3.8) is 0 Å². The molecule has 0 aliphatic heterocycles. The van der Waals surface area contributed by atoms with Gasteiger partial charge in [-0.3, -0.25) is 4.79 Å². The molecule has 5 nitrogen and oxygen atoms in total. The van der Waals surface area contributed by atoms with E-state index in [1.54, 1.807) is 0 Å². The number of oxime groups is 1. The molecule has 0 bridgehead atoms. The van der Waals surface area contributed by atoms with Crippen LogP contribution < -0.4 is 11.1 Å². The summed E-state index contributed by atoms with van der Waals surface area (Å²) in [6.07, 6.45) is 1.08. The van der Waals surface area contributed by atoms with E-state index in [1.807, 2.05) is 6.92 Å². The molecule has 1 aromatic carbocycles. The van der Waals surface area contributed by atoms with Crippen molar-refractivity contribution in [3.8, 4) is 0 Å². The average molecular weight is 285 g/mol. The van der Waals surface area contributed by atoms with Crippen molar-refractivity contribution in [1.29, 1.82) is 0 Å². The summed E-state index contributed by atoms with van der Waals surface area (Å²) in [6, 6.07) is 3.11. The number of amides is 1. The van der Waals surface area contributed by atoms with E-state index in [1.165, 1.54) is 6.07 Å². The molecule has 0 aliphatic carbocycles. The van der Waals surface area contributed by atoms with Gasteiger partial charge in [0, 0.05) is 18.2 Å². The molecule has 0 aromatic heterocycles. The van der Waals surface area contributed by atoms with Gasteiger partial charge in [0.2, 0.25) is 5.91 Å². The van der Waals surface area contributed by atoms with Crippen LogP contribution in [0.4, 0.5) is 8.78 Å². The van der Waals surface area contributed by atoms with Crippen molar-refractivity contribution >= 4 is 11.7 Å². The van der Waals surface area contributed by atoms with Crippen LogP contribution in [0.3, 0.4) is 0 Å². The number of benzene rings is 1. The Hall–Kier alpha value is -2.18. The fourth-order valence-corrected chi connectivity index (χ4v) is 1.74. The van der Waals surface area contributed by atoms with Gasteiger partial charge in [-0.1, -0.05) is 24.6 Å². The predicted octanol–water partition coefficient (Wildman–Crippen LogP) is 1.74. The average Bonchev–Trinajstić information content (AvgIpc) is 2.42. The lowest BCUT2D eigenvalue weighted by atomic mass is 10.0. The Balaban J connectivity index is 2.69. The Kier molecular flexibility index (Phi) is 5.89. The van der Waals surface area contributed by atoms with Gasteiger partial charge in [-0.15, -0.1) is 0 Å². The van der Waals surface area contributed by atoms with Gasteiger partial charge in [0.05, 0.1) is 5.92 Å². The Labute approximate surface area is 115 Å². The van der Waals surface area contributed by atoms with Crippen LogP contribution in [0.25, 0.3) is 0 Å². The van der Waals surface area contributed by atoms with Crippen molar-refractivity contribution in [2.75, 3.05) is 0 Å². The number of carbonyl (C=O) groups is 1. The number of nitrogens with two attached hydrogens (primary N) is 1. The molecule has 1 rings (SSSR count). The Morgan fingerprint density at radius 1 is 1.50 bits per heavy atom. The molecule has 20 heavy (non-hydrogen) atoms. The normalized spacial score (nSPS) is 13.1. The summed E-state index contributed by atoms with van der Waals surface area (Å²) in [5.41, 5.74) is 5.60. The number of nitrogens with zero attached hydrogens (tertiary/aromatic N) is 1. The first-order valence-corrected chi connectivity index (χ1v) is 6.18. The van der Waals surface area contributed by atoms with Crippen molar-refractivity contribution < 1.29 is 18.8 Å². The van der Waals surface area contributed by atoms with Crippen LogP contribution in [-0.4, -0.2) is 17.0 Å². The second-order valence-electron chi connectivity index (χ2n) is 4.32. The molecular formula is C13H17F2N3O2. The van der Waals surface area contributed by atoms with Crippen LogP contribution in [0.15, 0.2) is 23.4 Å². The van der Waals surface area contributed by atoms with Crippen LogP contribution in [0.1, 0.15) is 25.3 Å². The molecule has 1 unspecified atom stereocenters. The largest absolute Gasteiger partial charge is 0.409 e. The van der Waals surface area contributed by atoms with Gasteiger partial charge in [-0.25, -0.2) is 8.78 Å². The lowest BCUT2D eigenvalue weighted by molar-refractivity contribution is -0.123. The van der Waals surface area contributed by atoms with E-state index >= 15 is 0 Å². The van der Waals surface area contributed by atoms with E-state index in [2.05, 4.69) is 10.5 Å². The van der Waals surface area contributed by atoms with Gasteiger partial charge in [0.25, 0.3) is 0 Å². The highest BCUT2D eigenvalue weighted by Gasteiger charge is 2.22.